The van der Waals surface area contributed by atoms with E-state index in [0.29, 0.717) is 4.88 Å². The Labute approximate surface area is 126 Å². The van der Waals surface area contributed by atoms with Crippen LogP contribution in [0, 0.1) is 13.8 Å². The number of carbonyl (C=O) groups is 2. The lowest BCUT2D eigenvalue weighted by atomic mass is 10.1. The van der Waals surface area contributed by atoms with Crippen molar-refractivity contribution < 1.29 is 14.7 Å². The molecule has 2 aromatic rings. The van der Waals surface area contributed by atoms with Gasteiger partial charge in [-0.15, -0.1) is 11.3 Å². The van der Waals surface area contributed by atoms with E-state index >= 15 is 0 Å². The molecule has 0 bridgehead atoms. The van der Waals surface area contributed by atoms with Gasteiger partial charge in [0.15, 0.2) is 0 Å². The van der Waals surface area contributed by atoms with Gasteiger partial charge in [0.1, 0.15) is 0 Å². The summed E-state index contributed by atoms with van der Waals surface area (Å²) in [5, 5.41) is 11.5. The van der Waals surface area contributed by atoms with Crippen LogP contribution in [-0.2, 0) is 4.79 Å². The van der Waals surface area contributed by atoms with Crippen LogP contribution in [0.3, 0.4) is 0 Å². The Morgan fingerprint density at radius 1 is 1.19 bits per heavy atom. The molecule has 21 heavy (non-hydrogen) atoms. The highest BCUT2D eigenvalue weighted by Gasteiger charge is 2.10. The van der Waals surface area contributed by atoms with Gasteiger partial charge in [-0.2, -0.15) is 0 Å². The Balaban J connectivity index is 2.14. The molecule has 1 aromatic heterocycles. The molecule has 0 aliphatic rings. The van der Waals surface area contributed by atoms with Gasteiger partial charge >= 0.3 is 5.97 Å². The fourth-order valence-electron chi connectivity index (χ4n) is 1.79. The number of rotatable bonds is 4. The maximum Gasteiger partial charge on any atom is 0.328 e. The fraction of sp³-hybridized carbons (Fsp3) is 0.125. The highest BCUT2D eigenvalue weighted by atomic mass is 32.1. The van der Waals surface area contributed by atoms with Gasteiger partial charge in [-0.1, -0.05) is 12.1 Å². The van der Waals surface area contributed by atoms with Crippen LogP contribution in [0.2, 0.25) is 0 Å². The lowest BCUT2D eigenvalue weighted by Crippen LogP contribution is -2.11. The maximum atomic E-state index is 12.2. The van der Waals surface area contributed by atoms with E-state index in [1.807, 2.05) is 32.0 Å². The molecule has 4 nitrogen and oxygen atoms in total. The normalized spacial score (nSPS) is 10.8. The molecule has 1 heterocycles. The third-order valence-corrected chi connectivity index (χ3v) is 4.14. The molecule has 108 valence electrons. The Kier molecular flexibility index (Phi) is 4.55. The number of thiophene rings is 1. The Bertz CT molecular complexity index is 716. The number of hydrogen-bond donors (Lipinski definition) is 2. The van der Waals surface area contributed by atoms with Crippen LogP contribution in [-0.4, -0.2) is 17.0 Å². The van der Waals surface area contributed by atoms with E-state index in [1.54, 1.807) is 12.1 Å². The number of aliphatic carboxylic acids is 1. The van der Waals surface area contributed by atoms with Crippen LogP contribution in [0.5, 0.6) is 0 Å². The van der Waals surface area contributed by atoms with E-state index < -0.39 is 5.97 Å². The molecule has 0 spiro atoms. The molecular formula is C16H15NO3S. The molecule has 1 aromatic carbocycles. The van der Waals surface area contributed by atoms with Gasteiger partial charge in [0.2, 0.25) is 0 Å². The van der Waals surface area contributed by atoms with Crippen molar-refractivity contribution in [2.24, 2.45) is 0 Å². The second-order valence-electron chi connectivity index (χ2n) is 4.58. The zero-order chi connectivity index (χ0) is 15.4. The predicted octanol–water partition coefficient (Wildman–Crippen LogP) is 3.72. The zero-order valence-electron chi connectivity index (χ0n) is 11.7. The molecule has 0 unspecified atom stereocenters. The minimum atomic E-state index is -1.01. The Morgan fingerprint density at radius 2 is 1.95 bits per heavy atom. The molecule has 0 saturated heterocycles. The van der Waals surface area contributed by atoms with Gasteiger partial charge in [-0.3, -0.25) is 4.79 Å². The second-order valence-corrected chi connectivity index (χ2v) is 5.69. The zero-order valence-corrected chi connectivity index (χ0v) is 12.5. The highest BCUT2D eigenvalue weighted by Crippen LogP contribution is 2.22. The first-order valence-corrected chi connectivity index (χ1v) is 7.17. The summed E-state index contributed by atoms with van der Waals surface area (Å²) < 4.78 is 0. The first-order chi connectivity index (χ1) is 9.97. The van der Waals surface area contributed by atoms with Crippen molar-refractivity contribution in [3.63, 3.8) is 0 Å². The Morgan fingerprint density at radius 3 is 2.67 bits per heavy atom. The van der Waals surface area contributed by atoms with Crippen molar-refractivity contribution >= 4 is 35.0 Å². The molecule has 2 rings (SSSR count). The molecule has 0 radical (unpaired) electrons. The van der Waals surface area contributed by atoms with Crippen molar-refractivity contribution in [2.75, 3.05) is 5.32 Å². The summed E-state index contributed by atoms with van der Waals surface area (Å²) in [4.78, 5) is 23.9. The molecule has 2 N–H and O–H groups in total. The summed E-state index contributed by atoms with van der Waals surface area (Å²) in [6.45, 7) is 3.95. The number of anilines is 1. The summed E-state index contributed by atoms with van der Waals surface area (Å²) in [5.74, 6) is -1.20. The molecular weight excluding hydrogens is 286 g/mol. The minimum absolute atomic E-state index is 0.191. The van der Waals surface area contributed by atoms with Crippen LogP contribution in [0.25, 0.3) is 6.08 Å². The number of hydrogen-bond acceptors (Lipinski definition) is 3. The number of nitrogens with one attached hydrogen (secondary N) is 1. The number of carbonyl (C=O) groups excluding carboxylic acids is 1. The second kappa shape index (κ2) is 6.37. The Hall–Kier alpha value is -2.40. The number of carboxylic acids is 1. The first kappa shape index (κ1) is 15.0. The molecule has 5 heteroatoms. The van der Waals surface area contributed by atoms with Gasteiger partial charge < -0.3 is 10.4 Å². The van der Waals surface area contributed by atoms with Gasteiger partial charge in [0, 0.05) is 16.6 Å². The van der Waals surface area contributed by atoms with E-state index in [0.717, 1.165) is 27.8 Å². The van der Waals surface area contributed by atoms with Gasteiger partial charge in [0.05, 0.1) is 4.88 Å². The topological polar surface area (TPSA) is 66.4 Å². The molecule has 0 aliphatic heterocycles. The van der Waals surface area contributed by atoms with E-state index in [1.165, 1.54) is 17.4 Å². The molecule has 1 amide bonds. The average Bonchev–Trinajstić information content (AvgIpc) is 2.90. The van der Waals surface area contributed by atoms with Crippen molar-refractivity contribution in [3.8, 4) is 0 Å². The lowest BCUT2D eigenvalue weighted by Gasteiger charge is -2.09. The third kappa shape index (κ3) is 3.79. The number of carboxylic acid groups (broad SMARTS) is 1. The summed E-state index contributed by atoms with van der Waals surface area (Å²) in [6, 6.07) is 9.16. The summed E-state index contributed by atoms with van der Waals surface area (Å²) in [7, 11) is 0. The number of amides is 1. The van der Waals surface area contributed by atoms with Gasteiger partial charge in [0.25, 0.3) is 5.91 Å². The number of aryl methyl sites for hydroxylation is 1. The van der Waals surface area contributed by atoms with Gasteiger partial charge in [-0.25, -0.2) is 4.79 Å². The monoisotopic (exact) mass is 301 g/mol. The minimum Gasteiger partial charge on any atom is -0.478 e. The SMILES string of the molecule is Cc1cccc(NC(=O)c2ccc(C=CC(=O)O)s2)c1C. The van der Waals surface area contributed by atoms with Gasteiger partial charge in [-0.05, 0) is 49.2 Å². The molecule has 0 saturated carbocycles. The van der Waals surface area contributed by atoms with E-state index in [-0.39, 0.29) is 5.91 Å². The van der Waals surface area contributed by atoms with Crippen LogP contribution in [0.15, 0.2) is 36.4 Å². The van der Waals surface area contributed by atoms with Crippen LogP contribution in [0.4, 0.5) is 5.69 Å². The van der Waals surface area contributed by atoms with Crippen molar-refractivity contribution in [3.05, 3.63) is 57.3 Å². The standard InChI is InChI=1S/C16H15NO3S/c1-10-4-3-5-13(11(10)2)17-16(20)14-8-6-12(21-14)7-9-15(18)19/h3-9H,1-2H3,(H,17,20)(H,18,19). The highest BCUT2D eigenvalue weighted by molar-refractivity contribution is 7.15. The van der Waals surface area contributed by atoms with Crippen LogP contribution in [0.1, 0.15) is 25.7 Å². The predicted molar refractivity (Wildman–Crippen MR) is 84.9 cm³/mol. The summed E-state index contributed by atoms with van der Waals surface area (Å²) >= 11 is 1.25. The molecule has 0 atom stereocenters. The first-order valence-electron chi connectivity index (χ1n) is 6.36. The van der Waals surface area contributed by atoms with Crippen molar-refractivity contribution in [1.29, 1.82) is 0 Å². The molecule has 0 aliphatic carbocycles. The third-order valence-electron chi connectivity index (χ3n) is 3.09. The van der Waals surface area contributed by atoms with Crippen molar-refractivity contribution in [2.45, 2.75) is 13.8 Å². The van der Waals surface area contributed by atoms with Crippen molar-refractivity contribution in [1.82, 2.24) is 0 Å². The molecule has 0 fully saturated rings. The quantitative estimate of drug-likeness (QED) is 0.846. The number of benzene rings is 1. The smallest absolute Gasteiger partial charge is 0.328 e. The van der Waals surface area contributed by atoms with E-state index in [2.05, 4.69) is 5.32 Å². The largest absolute Gasteiger partial charge is 0.478 e. The van der Waals surface area contributed by atoms with E-state index in [9.17, 15) is 9.59 Å². The summed E-state index contributed by atoms with van der Waals surface area (Å²) in [6.07, 6.45) is 2.53. The maximum absolute atomic E-state index is 12.2. The van der Waals surface area contributed by atoms with E-state index in [4.69, 9.17) is 5.11 Å². The van der Waals surface area contributed by atoms with Crippen LogP contribution >= 0.6 is 11.3 Å². The van der Waals surface area contributed by atoms with Crippen LogP contribution < -0.4 is 5.32 Å². The summed E-state index contributed by atoms with van der Waals surface area (Å²) in [5.41, 5.74) is 2.94. The average molecular weight is 301 g/mol. The fourth-order valence-corrected chi connectivity index (χ4v) is 2.59. The lowest BCUT2D eigenvalue weighted by molar-refractivity contribution is -0.131.